The van der Waals surface area contributed by atoms with Gasteiger partial charge >= 0.3 is 0 Å². The van der Waals surface area contributed by atoms with Crippen LogP contribution in [0.1, 0.15) is 28.5 Å². The quantitative estimate of drug-likeness (QED) is 0.737. The molecule has 0 radical (unpaired) electrons. The van der Waals surface area contributed by atoms with E-state index in [0.29, 0.717) is 15.9 Å². The largest absolute Gasteiger partial charge is 0.369 e. The SMILES string of the molecule is Cc1nc(C)c(C(C)n2c(N)nc3cc(F)c(Br)cc32)s1. The molecule has 2 N–H and O–H groups in total. The van der Waals surface area contributed by atoms with Crippen LogP contribution in [-0.4, -0.2) is 14.5 Å². The van der Waals surface area contributed by atoms with Gasteiger partial charge in [0.1, 0.15) is 5.82 Å². The molecule has 0 saturated heterocycles. The number of nitrogen functional groups attached to an aromatic ring is 1. The van der Waals surface area contributed by atoms with Crippen molar-refractivity contribution in [1.82, 2.24) is 14.5 Å². The minimum absolute atomic E-state index is 0.00133. The number of halogens is 2. The topological polar surface area (TPSA) is 56.7 Å². The minimum Gasteiger partial charge on any atom is -0.369 e. The van der Waals surface area contributed by atoms with Crippen molar-refractivity contribution in [2.75, 3.05) is 5.73 Å². The van der Waals surface area contributed by atoms with Crippen molar-refractivity contribution in [3.05, 3.63) is 38.0 Å². The molecule has 0 spiro atoms. The number of imidazole rings is 1. The molecule has 3 rings (SSSR count). The van der Waals surface area contributed by atoms with E-state index in [0.717, 1.165) is 21.1 Å². The van der Waals surface area contributed by atoms with Gasteiger partial charge in [-0.1, -0.05) is 0 Å². The van der Waals surface area contributed by atoms with Gasteiger partial charge in [0.2, 0.25) is 5.95 Å². The Morgan fingerprint density at radius 1 is 1.33 bits per heavy atom. The number of anilines is 1. The van der Waals surface area contributed by atoms with Gasteiger partial charge in [0, 0.05) is 6.07 Å². The van der Waals surface area contributed by atoms with E-state index in [9.17, 15) is 4.39 Å². The van der Waals surface area contributed by atoms with Gasteiger partial charge in [-0.15, -0.1) is 11.3 Å². The first-order valence-corrected chi connectivity index (χ1v) is 8.05. The zero-order valence-electron chi connectivity index (χ0n) is 11.8. The zero-order chi connectivity index (χ0) is 15.3. The Labute approximate surface area is 134 Å². The van der Waals surface area contributed by atoms with Crippen molar-refractivity contribution in [1.29, 1.82) is 0 Å². The molecule has 0 saturated carbocycles. The maximum Gasteiger partial charge on any atom is 0.201 e. The molecule has 0 aliphatic heterocycles. The van der Waals surface area contributed by atoms with Crippen LogP contribution in [-0.2, 0) is 0 Å². The van der Waals surface area contributed by atoms with Crippen molar-refractivity contribution in [2.45, 2.75) is 26.8 Å². The Bertz CT molecular complexity index is 839. The summed E-state index contributed by atoms with van der Waals surface area (Å²) >= 11 is 4.86. The average molecular weight is 369 g/mol. The second-order valence-corrected chi connectivity index (χ2v) is 7.04. The van der Waals surface area contributed by atoms with Crippen LogP contribution in [0.2, 0.25) is 0 Å². The van der Waals surface area contributed by atoms with E-state index in [-0.39, 0.29) is 11.9 Å². The van der Waals surface area contributed by atoms with Crippen LogP contribution in [0.4, 0.5) is 10.3 Å². The molecule has 3 aromatic rings. The fourth-order valence-corrected chi connectivity index (χ4v) is 3.87. The van der Waals surface area contributed by atoms with E-state index < -0.39 is 0 Å². The molecule has 1 aromatic carbocycles. The Hall–Kier alpha value is -1.47. The fourth-order valence-electron chi connectivity index (χ4n) is 2.57. The number of aryl methyl sites for hydroxylation is 2. The number of benzene rings is 1. The zero-order valence-corrected chi connectivity index (χ0v) is 14.2. The lowest BCUT2D eigenvalue weighted by atomic mass is 10.2. The number of aromatic nitrogens is 3. The number of nitrogens with zero attached hydrogens (tertiary/aromatic N) is 3. The van der Waals surface area contributed by atoms with Crippen LogP contribution in [0.3, 0.4) is 0 Å². The van der Waals surface area contributed by atoms with Crippen molar-refractivity contribution in [2.24, 2.45) is 0 Å². The second-order valence-electron chi connectivity index (χ2n) is 4.95. The summed E-state index contributed by atoms with van der Waals surface area (Å²) in [4.78, 5) is 9.86. The third-order valence-electron chi connectivity index (χ3n) is 3.46. The number of rotatable bonds is 2. The van der Waals surface area contributed by atoms with Crippen molar-refractivity contribution >= 4 is 44.2 Å². The van der Waals surface area contributed by atoms with Gasteiger partial charge in [0.25, 0.3) is 0 Å². The molecule has 2 aromatic heterocycles. The van der Waals surface area contributed by atoms with E-state index in [4.69, 9.17) is 5.73 Å². The number of hydrogen-bond donors (Lipinski definition) is 1. The van der Waals surface area contributed by atoms with Crippen LogP contribution >= 0.6 is 27.3 Å². The summed E-state index contributed by atoms with van der Waals surface area (Å²) < 4.78 is 16.0. The van der Waals surface area contributed by atoms with Crippen LogP contribution in [0.15, 0.2) is 16.6 Å². The maximum absolute atomic E-state index is 13.6. The van der Waals surface area contributed by atoms with Gasteiger partial charge in [-0.05, 0) is 42.8 Å². The number of nitrogens with two attached hydrogens (primary N) is 1. The standard InChI is InChI=1S/C14H14BrFN4S/c1-6-13(21-8(3)18-6)7(2)20-12-4-9(15)10(16)5-11(12)19-14(20)17/h4-5,7H,1-3H3,(H2,17,19). The predicted molar refractivity (Wildman–Crippen MR) is 87.2 cm³/mol. The van der Waals surface area contributed by atoms with Crippen LogP contribution in [0.25, 0.3) is 11.0 Å². The van der Waals surface area contributed by atoms with Crippen molar-refractivity contribution < 1.29 is 4.39 Å². The summed E-state index contributed by atoms with van der Waals surface area (Å²) in [5, 5.41) is 1.02. The van der Waals surface area contributed by atoms with Gasteiger partial charge in [-0.2, -0.15) is 0 Å². The minimum atomic E-state index is -0.343. The Balaban J connectivity index is 2.22. The molecule has 7 heteroatoms. The van der Waals surface area contributed by atoms with Crippen LogP contribution < -0.4 is 5.73 Å². The molecule has 1 atom stereocenters. The highest BCUT2D eigenvalue weighted by atomic mass is 79.9. The van der Waals surface area contributed by atoms with E-state index in [1.165, 1.54) is 6.07 Å². The lowest BCUT2D eigenvalue weighted by Crippen LogP contribution is -2.10. The number of fused-ring (bicyclic) bond motifs is 1. The highest BCUT2D eigenvalue weighted by Crippen LogP contribution is 2.33. The van der Waals surface area contributed by atoms with E-state index in [1.54, 1.807) is 17.4 Å². The average Bonchev–Trinajstić information content (AvgIpc) is 2.89. The van der Waals surface area contributed by atoms with Crippen molar-refractivity contribution in [3.8, 4) is 0 Å². The maximum atomic E-state index is 13.6. The third-order valence-corrected chi connectivity index (χ3v) is 5.32. The van der Waals surface area contributed by atoms with E-state index in [2.05, 4.69) is 32.8 Å². The molecule has 2 heterocycles. The van der Waals surface area contributed by atoms with Gasteiger partial charge < -0.3 is 10.3 Å². The predicted octanol–water partition coefficient (Wildman–Crippen LogP) is 4.20. The fraction of sp³-hybridized carbons (Fsp3) is 0.286. The summed E-state index contributed by atoms with van der Waals surface area (Å²) in [6.07, 6.45) is 0. The molecule has 0 fully saturated rings. The monoisotopic (exact) mass is 368 g/mol. The van der Waals surface area contributed by atoms with Crippen LogP contribution in [0.5, 0.6) is 0 Å². The smallest absolute Gasteiger partial charge is 0.201 e. The van der Waals surface area contributed by atoms with Crippen molar-refractivity contribution in [3.63, 3.8) is 0 Å². The summed E-state index contributed by atoms with van der Waals surface area (Å²) in [6.45, 7) is 6.02. The number of hydrogen-bond acceptors (Lipinski definition) is 4. The van der Waals surface area contributed by atoms with Crippen LogP contribution in [0, 0.1) is 19.7 Å². The molecule has 0 amide bonds. The first-order chi connectivity index (χ1) is 9.88. The van der Waals surface area contributed by atoms with E-state index in [1.807, 2.05) is 18.4 Å². The molecular weight excluding hydrogens is 355 g/mol. The first kappa shape index (κ1) is 14.5. The molecule has 110 valence electrons. The Morgan fingerprint density at radius 3 is 2.67 bits per heavy atom. The van der Waals surface area contributed by atoms with Gasteiger partial charge in [0.05, 0.1) is 37.1 Å². The third kappa shape index (κ3) is 2.34. The normalized spacial score (nSPS) is 13.0. The van der Waals surface area contributed by atoms with Gasteiger partial charge in [-0.3, -0.25) is 0 Å². The molecule has 21 heavy (non-hydrogen) atoms. The summed E-state index contributed by atoms with van der Waals surface area (Å²) in [5.41, 5.74) is 8.40. The number of thiazole rings is 1. The lowest BCUT2D eigenvalue weighted by molar-refractivity contribution is 0.622. The molecule has 0 bridgehead atoms. The molecule has 0 aliphatic rings. The molecular formula is C14H14BrFN4S. The first-order valence-electron chi connectivity index (χ1n) is 6.45. The Kier molecular flexibility index (Phi) is 3.49. The summed E-state index contributed by atoms with van der Waals surface area (Å²) in [5.74, 6) is 0.0325. The van der Waals surface area contributed by atoms with Gasteiger partial charge in [0.15, 0.2) is 0 Å². The second kappa shape index (κ2) is 5.06. The Morgan fingerprint density at radius 2 is 2.05 bits per heavy atom. The molecule has 0 aliphatic carbocycles. The lowest BCUT2D eigenvalue weighted by Gasteiger charge is -2.15. The van der Waals surface area contributed by atoms with Gasteiger partial charge in [-0.25, -0.2) is 14.4 Å². The molecule has 4 nitrogen and oxygen atoms in total. The van der Waals surface area contributed by atoms with E-state index >= 15 is 0 Å². The summed E-state index contributed by atoms with van der Waals surface area (Å²) in [7, 11) is 0. The highest BCUT2D eigenvalue weighted by molar-refractivity contribution is 9.10. The summed E-state index contributed by atoms with van der Waals surface area (Å²) in [6, 6.07) is 3.11. The molecule has 1 unspecified atom stereocenters. The highest BCUT2D eigenvalue weighted by Gasteiger charge is 2.20.